The number of nitrogens with one attached hydrogen (secondary N) is 1. The van der Waals surface area contributed by atoms with Crippen molar-refractivity contribution in [3.63, 3.8) is 0 Å². The number of hydrogen-bond donors (Lipinski definition) is 1. The van der Waals surface area contributed by atoms with Crippen molar-refractivity contribution in [1.82, 2.24) is 20.3 Å². The lowest BCUT2D eigenvalue weighted by Gasteiger charge is -2.51. The van der Waals surface area contributed by atoms with E-state index in [0.717, 1.165) is 35.5 Å². The number of fused-ring (bicyclic) bond motifs is 4. The van der Waals surface area contributed by atoms with Gasteiger partial charge in [-0.2, -0.15) is 10.2 Å². The van der Waals surface area contributed by atoms with Crippen LogP contribution in [0.1, 0.15) is 6.92 Å². The number of aromatic amines is 1. The summed E-state index contributed by atoms with van der Waals surface area (Å²) in [6.45, 7) is 13.4. The summed E-state index contributed by atoms with van der Waals surface area (Å²) in [5.74, 6) is 0. The van der Waals surface area contributed by atoms with E-state index in [2.05, 4.69) is 54.5 Å². The first-order chi connectivity index (χ1) is 14.7. The van der Waals surface area contributed by atoms with Crippen molar-refractivity contribution >= 4 is 28.1 Å². The molecule has 8 heteroatoms. The van der Waals surface area contributed by atoms with Crippen molar-refractivity contribution in [2.24, 2.45) is 10.2 Å². The maximum absolute atomic E-state index is 4.39. The van der Waals surface area contributed by atoms with Gasteiger partial charge in [0.25, 0.3) is 0 Å². The number of likely N-dealkylation sites (N-methyl/N-ethyl adjacent to an activating group) is 1. The van der Waals surface area contributed by atoms with E-state index in [4.69, 9.17) is 0 Å². The minimum absolute atomic E-state index is 0.781. The van der Waals surface area contributed by atoms with Crippen molar-refractivity contribution in [2.75, 3.05) is 63.8 Å². The van der Waals surface area contributed by atoms with Crippen LogP contribution in [-0.4, -0.2) is 83.7 Å². The van der Waals surface area contributed by atoms with Gasteiger partial charge >= 0.3 is 0 Å². The van der Waals surface area contributed by atoms with Gasteiger partial charge in [-0.05, 0) is 49.4 Å². The molecule has 1 N–H and O–H groups in total. The molecule has 0 atom stereocenters. The van der Waals surface area contributed by atoms with Crippen molar-refractivity contribution < 1.29 is 4.48 Å². The Morgan fingerprint density at radius 2 is 1.70 bits per heavy atom. The van der Waals surface area contributed by atoms with Crippen molar-refractivity contribution in [3.8, 4) is 0 Å². The molecule has 0 spiro atoms. The summed E-state index contributed by atoms with van der Waals surface area (Å²) >= 11 is 0. The molecule has 0 amide bonds. The number of H-pyrrole nitrogens is 1. The lowest BCUT2D eigenvalue weighted by atomic mass is 10.1. The van der Waals surface area contributed by atoms with Crippen LogP contribution in [0.15, 0.2) is 52.7 Å². The van der Waals surface area contributed by atoms with Crippen LogP contribution in [-0.2, 0) is 0 Å². The molecule has 3 aliphatic rings. The Bertz CT molecular complexity index is 1000. The second-order valence-electron chi connectivity index (χ2n) is 8.39. The van der Waals surface area contributed by atoms with E-state index in [0.29, 0.717) is 0 Å². The van der Waals surface area contributed by atoms with Gasteiger partial charge in [-0.3, -0.25) is 10.00 Å². The molecule has 2 aromatic carbocycles. The predicted octanol–water partition coefficient (Wildman–Crippen LogP) is 3.35. The molecule has 156 valence electrons. The smallest absolute Gasteiger partial charge is 0.113 e. The summed E-state index contributed by atoms with van der Waals surface area (Å²) in [6, 6.07) is 14.1. The lowest BCUT2D eigenvalue weighted by Crippen LogP contribution is -2.68. The van der Waals surface area contributed by atoms with Gasteiger partial charge in [-0.25, -0.2) is 0 Å². The fourth-order valence-corrected chi connectivity index (χ4v) is 4.61. The monoisotopic (exact) mass is 405 g/mol. The Morgan fingerprint density at radius 1 is 1.00 bits per heavy atom. The Kier molecular flexibility index (Phi) is 5.18. The average molecular weight is 406 g/mol. The Morgan fingerprint density at radius 3 is 2.43 bits per heavy atom. The maximum Gasteiger partial charge on any atom is 0.113 e. The topological polar surface area (TPSA) is 72.8 Å². The zero-order valence-electron chi connectivity index (χ0n) is 17.5. The predicted molar refractivity (Wildman–Crippen MR) is 119 cm³/mol. The van der Waals surface area contributed by atoms with E-state index in [1.807, 2.05) is 30.3 Å². The van der Waals surface area contributed by atoms with Gasteiger partial charge in [0.1, 0.15) is 5.52 Å². The standard InChI is InChI=1S/C22H29N8/c1-2-29(12-16-30-13-9-28(10-14-30)11-15-30)20-6-3-18(4-7-20)23-24-19-5-8-21-22(17-19)26-27-25-21/h3-8,17H,2,9-16H2,1H3,(H,25,26,27)/q+1/b24-23+. The van der Waals surface area contributed by atoms with E-state index >= 15 is 0 Å². The highest BCUT2D eigenvalue weighted by atomic mass is 15.5. The minimum Gasteiger partial charge on any atom is -0.366 e. The van der Waals surface area contributed by atoms with Crippen molar-refractivity contribution in [1.29, 1.82) is 0 Å². The van der Waals surface area contributed by atoms with E-state index < -0.39 is 0 Å². The first kappa shape index (κ1) is 19.1. The molecule has 8 nitrogen and oxygen atoms in total. The number of aromatic nitrogens is 3. The molecular formula is C22H29N8+. The Labute approximate surface area is 176 Å². The zero-order valence-corrected chi connectivity index (χ0v) is 17.5. The summed E-state index contributed by atoms with van der Waals surface area (Å²) in [4.78, 5) is 5.09. The number of anilines is 1. The average Bonchev–Trinajstić information content (AvgIpc) is 3.28. The summed E-state index contributed by atoms with van der Waals surface area (Å²) in [6.07, 6.45) is 0. The molecule has 0 aliphatic carbocycles. The quantitative estimate of drug-likeness (QED) is 0.483. The normalized spacial score (nSPS) is 23.4. The molecule has 3 saturated heterocycles. The number of rotatable bonds is 7. The second kappa shape index (κ2) is 8.12. The number of benzene rings is 2. The molecule has 6 rings (SSSR count). The van der Waals surface area contributed by atoms with E-state index in [9.17, 15) is 0 Å². The van der Waals surface area contributed by atoms with Crippen LogP contribution in [0.5, 0.6) is 0 Å². The highest BCUT2D eigenvalue weighted by Crippen LogP contribution is 2.25. The summed E-state index contributed by atoms with van der Waals surface area (Å²) in [5, 5.41) is 19.4. The first-order valence-electron chi connectivity index (χ1n) is 10.9. The largest absolute Gasteiger partial charge is 0.366 e. The molecule has 2 bridgehead atoms. The minimum atomic E-state index is 0.781. The van der Waals surface area contributed by atoms with Crippen molar-refractivity contribution in [2.45, 2.75) is 6.92 Å². The summed E-state index contributed by atoms with van der Waals surface area (Å²) in [5.41, 5.74) is 4.59. The number of piperazine rings is 3. The SMILES string of the molecule is CCN(CC[N+]12CCN(CC1)CC2)c1ccc(/N=N/c2ccc3nn[nH]c3c2)cc1. The molecule has 4 heterocycles. The Hall–Kier alpha value is -2.84. The fraction of sp³-hybridized carbons (Fsp3) is 0.455. The maximum atomic E-state index is 4.39. The number of azo groups is 1. The highest BCUT2D eigenvalue weighted by Gasteiger charge is 2.38. The molecule has 0 radical (unpaired) electrons. The van der Waals surface area contributed by atoms with Gasteiger partial charge in [0, 0.05) is 31.9 Å². The van der Waals surface area contributed by atoms with Crippen molar-refractivity contribution in [3.05, 3.63) is 42.5 Å². The van der Waals surface area contributed by atoms with E-state index in [-0.39, 0.29) is 0 Å². The number of quaternary nitrogens is 1. The fourth-order valence-electron chi connectivity index (χ4n) is 4.61. The van der Waals surface area contributed by atoms with Gasteiger partial charge < -0.3 is 9.38 Å². The molecule has 30 heavy (non-hydrogen) atoms. The molecule has 0 unspecified atom stereocenters. The Balaban J connectivity index is 1.22. The van der Waals surface area contributed by atoms with E-state index in [1.54, 1.807) is 0 Å². The van der Waals surface area contributed by atoms with Gasteiger partial charge in [0.2, 0.25) is 0 Å². The molecule has 3 aliphatic heterocycles. The van der Waals surface area contributed by atoms with Crippen LogP contribution in [0.2, 0.25) is 0 Å². The molecule has 3 fully saturated rings. The van der Waals surface area contributed by atoms with Crippen LogP contribution in [0.25, 0.3) is 11.0 Å². The zero-order chi connectivity index (χ0) is 20.4. The highest BCUT2D eigenvalue weighted by molar-refractivity contribution is 5.76. The van der Waals surface area contributed by atoms with Gasteiger partial charge in [-0.15, -0.1) is 5.10 Å². The molecular weight excluding hydrogens is 376 g/mol. The molecule has 3 aromatic rings. The van der Waals surface area contributed by atoms with Crippen LogP contribution >= 0.6 is 0 Å². The lowest BCUT2D eigenvalue weighted by molar-refractivity contribution is -0.939. The number of hydrogen-bond acceptors (Lipinski definition) is 6. The second-order valence-corrected chi connectivity index (χ2v) is 8.39. The van der Waals surface area contributed by atoms with Gasteiger partial charge in [-0.1, -0.05) is 5.21 Å². The van der Waals surface area contributed by atoms with Crippen LogP contribution in [0, 0.1) is 0 Å². The third-order valence-corrected chi connectivity index (χ3v) is 6.70. The third-order valence-electron chi connectivity index (χ3n) is 6.70. The van der Waals surface area contributed by atoms with Gasteiger partial charge in [0.05, 0.1) is 49.6 Å². The molecule has 0 saturated carbocycles. The van der Waals surface area contributed by atoms with Gasteiger partial charge in [0.15, 0.2) is 0 Å². The molecule has 1 aromatic heterocycles. The third kappa shape index (κ3) is 3.93. The summed E-state index contributed by atoms with van der Waals surface area (Å²) in [7, 11) is 0. The van der Waals surface area contributed by atoms with Crippen LogP contribution in [0.4, 0.5) is 17.1 Å². The van der Waals surface area contributed by atoms with Crippen LogP contribution < -0.4 is 4.90 Å². The van der Waals surface area contributed by atoms with Crippen LogP contribution in [0.3, 0.4) is 0 Å². The first-order valence-corrected chi connectivity index (χ1v) is 10.9. The number of nitrogens with zero attached hydrogens (tertiary/aromatic N) is 7. The summed E-state index contributed by atoms with van der Waals surface area (Å²) < 4.78 is 1.30. The van der Waals surface area contributed by atoms with E-state index in [1.165, 1.54) is 56.0 Å².